The maximum absolute atomic E-state index is 13.0. The zero-order chi connectivity index (χ0) is 19.1. The zero-order valence-corrected chi connectivity index (χ0v) is 15.6. The van der Waals surface area contributed by atoms with Gasteiger partial charge in [0.15, 0.2) is 0 Å². The summed E-state index contributed by atoms with van der Waals surface area (Å²) in [6.07, 6.45) is 7.03. The molecule has 0 saturated heterocycles. The fraction of sp³-hybridized carbons (Fsp3) is 0.227. The highest BCUT2D eigenvalue weighted by Gasteiger charge is 2.22. The minimum Gasteiger partial charge on any atom is -0.350 e. The lowest BCUT2D eigenvalue weighted by atomic mass is 9.98. The maximum atomic E-state index is 13.0. The molecule has 0 fully saturated rings. The predicted octanol–water partition coefficient (Wildman–Crippen LogP) is 3.24. The first-order chi connectivity index (χ1) is 13.1. The molecule has 0 aliphatic heterocycles. The van der Waals surface area contributed by atoms with Crippen molar-refractivity contribution in [3.05, 3.63) is 95.1 Å². The molecule has 0 spiro atoms. The molecule has 0 aliphatic carbocycles. The van der Waals surface area contributed by atoms with E-state index in [4.69, 9.17) is 0 Å². The Balaban J connectivity index is 1.77. The van der Waals surface area contributed by atoms with E-state index in [2.05, 4.69) is 38.8 Å². The SMILES string of the molecule is Cc1ccc(C)c(C(NCc2cccnc2)C(=O)NCc2cccnc2)c1. The molecule has 27 heavy (non-hydrogen) atoms. The molecule has 138 valence electrons. The van der Waals surface area contributed by atoms with Crippen molar-refractivity contribution in [3.63, 3.8) is 0 Å². The van der Waals surface area contributed by atoms with Gasteiger partial charge in [0.25, 0.3) is 0 Å². The van der Waals surface area contributed by atoms with Crippen LogP contribution in [0, 0.1) is 13.8 Å². The van der Waals surface area contributed by atoms with Gasteiger partial charge in [0.1, 0.15) is 6.04 Å². The second kappa shape index (κ2) is 9.05. The van der Waals surface area contributed by atoms with Crippen LogP contribution in [0.5, 0.6) is 0 Å². The summed E-state index contributed by atoms with van der Waals surface area (Å²) in [7, 11) is 0. The molecular formula is C22H24N4O. The third-order valence-electron chi connectivity index (χ3n) is 4.43. The molecule has 5 nitrogen and oxygen atoms in total. The number of rotatable bonds is 7. The monoisotopic (exact) mass is 360 g/mol. The van der Waals surface area contributed by atoms with Crippen molar-refractivity contribution in [1.82, 2.24) is 20.6 Å². The predicted molar refractivity (Wildman–Crippen MR) is 106 cm³/mol. The smallest absolute Gasteiger partial charge is 0.242 e. The molecular weight excluding hydrogens is 336 g/mol. The Labute approximate surface area is 159 Å². The molecule has 1 aromatic carbocycles. The largest absolute Gasteiger partial charge is 0.350 e. The average Bonchev–Trinajstić information content (AvgIpc) is 2.70. The molecule has 3 rings (SSSR count). The van der Waals surface area contributed by atoms with Gasteiger partial charge in [-0.15, -0.1) is 0 Å². The van der Waals surface area contributed by atoms with Crippen LogP contribution in [0.15, 0.2) is 67.3 Å². The average molecular weight is 360 g/mol. The third kappa shape index (κ3) is 5.21. The van der Waals surface area contributed by atoms with Crippen molar-refractivity contribution < 1.29 is 4.79 Å². The van der Waals surface area contributed by atoms with E-state index in [1.807, 2.05) is 38.1 Å². The van der Waals surface area contributed by atoms with Gasteiger partial charge in [-0.25, -0.2) is 0 Å². The normalized spacial score (nSPS) is 11.8. The number of carbonyl (C=O) groups excluding carboxylic acids is 1. The Kier molecular flexibility index (Phi) is 6.28. The van der Waals surface area contributed by atoms with Gasteiger partial charge in [-0.05, 0) is 48.2 Å². The quantitative estimate of drug-likeness (QED) is 0.679. The number of benzene rings is 1. The highest BCUT2D eigenvalue weighted by molar-refractivity contribution is 5.83. The van der Waals surface area contributed by atoms with Crippen LogP contribution >= 0.6 is 0 Å². The second-order valence-electron chi connectivity index (χ2n) is 6.61. The Morgan fingerprint density at radius 3 is 2.26 bits per heavy atom. The van der Waals surface area contributed by atoms with Gasteiger partial charge < -0.3 is 5.32 Å². The summed E-state index contributed by atoms with van der Waals surface area (Å²) in [5.74, 6) is -0.0588. The van der Waals surface area contributed by atoms with Crippen LogP contribution in [0.2, 0.25) is 0 Å². The van der Waals surface area contributed by atoms with E-state index in [-0.39, 0.29) is 5.91 Å². The molecule has 5 heteroatoms. The first-order valence-electron chi connectivity index (χ1n) is 8.99. The summed E-state index contributed by atoms with van der Waals surface area (Å²) in [4.78, 5) is 21.2. The van der Waals surface area contributed by atoms with E-state index in [0.29, 0.717) is 13.1 Å². The Hall–Kier alpha value is -3.05. The molecule has 1 unspecified atom stereocenters. The number of pyridine rings is 2. The first kappa shape index (κ1) is 18.7. The standard InChI is InChI=1S/C22H24N4O/c1-16-7-8-17(2)20(11-16)21(25-14-18-5-3-9-23-12-18)22(27)26-15-19-6-4-10-24-13-19/h3-13,21,25H,14-15H2,1-2H3,(H,26,27). The summed E-state index contributed by atoms with van der Waals surface area (Å²) >= 11 is 0. The fourth-order valence-electron chi connectivity index (χ4n) is 2.93. The summed E-state index contributed by atoms with van der Waals surface area (Å²) in [5.41, 5.74) is 5.21. The molecule has 2 heterocycles. The number of hydrogen-bond acceptors (Lipinski definition) is 4. The van der Waals surface area contributed by atoms with E-state index in [9.17, 15) is 4.79 Å². The molecule has 0 aliphatic rings. The molecule has 2 aromatic heterocycles. The minimum absolute atomic E-state index is 0.0588. The Bertz CT molecular complexity index is 881. The highest BCUT2D eigenvalue weighted by atomic mass is 16.2. The minimum atomic E-state index is -0.443. The van der Waals surface area contributed by atoms with E-state index in [1.165, 1.54) is 0 Å². The summed E-state index contributed by atoms with van der Waals surface area (Å²) in [6, 6.07) is 13.4. The molecule has 3 aromatic rings. The van der Waals surface area contributed by atoms with Crippen molar-refractivity contribution in [2.24, 2.45) is 0 Å². The van der Waals surface area contributed by atoms with Gasteiger partial charge in [-0.2, -0.15) is 0 Å². The lowest BCUT2D eigenvalue weighted by Gasteiger charge is -2.21. The number of nitrogens with one attached hydrogen (secondary N) is 2. The third-order valence-corrected chi connectivity index (χ3v) is 4.43. The van der Waals surface area contributed by atoms with Gasteiger partial charge in [-0.3, -0.25) is 20.1 Å². The number of hydrogen-bond donors (Lipinski definition) is 2. The summed E-state index contributed by atoms with van der Waals surface area (Å²) in [5, 5.41) is 6.41. The van der Waals surface area contributed by atoms with Gasteiger partial charge in [0.05, 0.1) is 0 Å². The van der Waals surface area contributed by atoms with Crippen LogP contribution in [0.3, 0.4) is 0 Å². The molecule has 2 N–H and O–H groups in total. The Morgan fingerprint density at radius 2 is 1.63 bits per heavy atom. The second-order valence-corrected chi connectivity index (χ2v) is 6.61. The van der Waals surface area contributed by atoms with Crippen LogP contribution in [-0.4, -0.2) is 15.9 Å². The van der Waals surface area contributed by atoms with Gasteiger partial charge in [-0.1, -0.05) is 35.9 Å². The first-order valence-corrected chi connectivity index (χ1v) is 8.99. The van der Waals surface area contributed by atoms with Crippen LogP contribution in [-0.2, 0) is 17.9 Å². The molecule has 1 amide bonds. The van der Waals surface area contributed by atoms with Gasteiger partial charge >= 0.3 is 0 Å². The van der Waals surface area contributed by atoms with E-state index < -0.39 is 6.04 Å². The highest BCUT2D eigenvalue weighted by Crippen LogP contribution is 2.20. The molecule has 1 atom stereocenters. The molecule has 0 radical (unpaired) electrons. The topological polar surface area (TPSA) is 66.9 Å². The van der Waals surface area contributed by atoms with E-state index in [1.54, 1.807) is 24.8 Å². The maximum Gasteiger partial charge on any atom is 0.242 e. The van der Waals surface area contributed by atoms with Crippen molar-refractivity contribution in [2.75, 3.05) is 0 Å². The van der Waals surface area contributed by atoms with Crippen molar-refractivity contribution >= 4 is 5.91 Å². The lowest BCUT2D eigenvalue weighted by Crippen LogP contribution is -2.37. The molecule has 0 saturated carbocycles. The number of nitrogens with zero attached hydrogens (tertiary/aromatic N) is 2. The fourth-order valence-corrected chi connectivity index (χ4v) is 2.93. The summed E-state index contributed by atoms with van der Waals surface area (Å²) < 4.78 is 0. The van der Waals surface area contributed by atoms with Crippen LogP contribution < -0.4 is 10.6 Å². The zero-order valence-electron chi connectivity index (χ0n) is 15.6. The lowest BCUT2D eigenvalue weighted by molar-refractivity contribution is -0.123. The number of amides is 1. The van der Waals surface area contributed by atoms with Gasteiger partial charge in [0, 0.05) is 37.9 Å². The van der Waals surface area contributed by atoms with Crippen LogP contribution in [0.4, 0.5) is 0 Å². The van der Waals surface area contributed by atoms with E-state index in [0.717, 1.165) is 27.8 Å². The number of aromatic nitrogens is 2. The molecule has 0 bridgehead atoms. The van der Waals surface area contributed by atoms with Crippen molar-refractivity contribution in [3.8, 4) is 0 Å². The summed E-state index contributed by atoms with van der Waals surface area (Å²) in [6.45, 7) is 5.07. The van der Waals surface area contributed by atoms with Crippen LogP contribution in [0.25, 0.3) is 0 Å². The van der Waals surface area contributed by atoms with Gasteiger partial charge in [0.2, 0.25) is 5.91 Å². The van der Waals surface area contributed by atoms with Crippen molar-refractivity contribution in [1.29, 1.82) is 0 Å². The van der Waals surface area contributed by atoms with Crippen molar-refractivity contribution in [2.45, 2.75) is 33.0 Å². The Morgan fingerprint density at radius 1 is 0.963 bits per heavy atom. The number of carbonyl (C=O) groups is 1. The number of aryl methyl sites for hydroxylation is 2. The van der Waals surface area contributed by atoms with E-state index >= 15 is 0 Å². The van der Waals surface area contributed by atoms with Crippen LogP contribution in [0.1, 0.15) is 33.9 Å².